The standard InChI is InChI=1S/C21H18ClN5O2/c1-25-9-4-7-18(25)21(29)26-10-8-14-17(12-26)23-19-11-16(24-27(19)20(14)28)13-5-2-3-6-15(13)22/h2-7,9,11,24H,8,10,12H2,1H3. The Labute approximate surface area is 171 Å². The molecule has 29 heavy (non-hydrogen) atoms. The molecule has 0 spiro atoms. The van der Waals surface area contributed by atoms with Crippen molar-refractivity contribution in [2.75, 3.05) is 6.54 Å². The van der Waals surface area contributed by atoms with Gasteiger partial charge in [-0.1, -0.05) is 29.8 Å². The Morgan fingerprint density at radius 1 is 1.21 bits per heavy atom. The van der Waals surface area contributed by atoms with Crippen LogP contribution < -0.4 is 5.56 Å². The van der Waals surface area contributed by atoms with Crippen molar-refractivity contribution in [3.05, 3.63) is 81.0 Å². The maximum Gasteiger partial charge on any atom is 0.276 e. The summed E-state index contributed by atoms with van der Waals surface area (Å²) in [6.07, 6.45) is 2.32. The normalized spacial score (nSPS) is 13.7. The quantitative estimate of drug-likeness (QED) is 0.555. The highest BCUT2D eigenvalue weighted by atomic mass is 35.5. The summed E-state index contributed by atoms with van der Waals surface area (Å²) in [5, 5.41) is 3.70. The minimum absolute atomic E-state index is 0.0593. The molecule has 1 aliphatic heterocycles. The van der Waals surface area contributed by atoms with Crippen LogP contribution in [0.25, 0.3) is 16.9 Å². The number of H-pyrrole nitrogens is 1. The molecule has 8 heteroatoms. The Morgan fingerprint density at radius 3 is 2.79 bits per heavy atom. The van der Waals surface area contributed by atoms with E-state index in [4.69, 9.17) is 11.6 Å². The van der Waals surface area contributed by atoms with Gasteiger partial charge in [-0.2, -0.15) is 0 Å². The van der Waals surface area contributed by atoms with Gasteiger partial charge in [-0.25, -0.2) is 9.50 Å². The van der Waals surface area contributed by atoms with Crippen molar-refractivity contribution in [2.45, 2.75) is 13.0 Å². The predicted molar refractivity (Wildman–Crippen MR) is 110 cm³/mol. The first-order valence-corrected chi connectivity index (χ1v) is 9.70. The highest BCUT2D eigenvalue weighted by Crippen LogP contribution is 2.27. The van der Waals surface area contributed by atoms with Gasteiger partial charge < -0.3 is 9.47 Å². The molecular formula is C21H18ClN5O2. The number of amides is 1. The van der Waals surface area contributed by atoms with Crippen molar-refractivity contribution in [1.82, 2.24) is 24.1 Å². The zero-order valence-corrected chi connectivity index (χ0v) is 16.5. The zero-order valence-electron chi connectivity index (χ0n) is 15.7. The fourth-order valence-electron chi connectivity index (χ4n) is 3.83. The van der Waals surface area contributed by atoms with Gasteiger partial charge in [-0.05, 0) is 24.6 Å². The van der Waals surface area contributed by atoms with Gasteiger partial charge in [0.2, 0.25) is 0 Å². The van der Waals surface area contributed by atoms with Crippen LogP contribution in [0.5, 0.6) is 0 Å². The molecule has 1 aromatic carbocycles. The lowest BCUT2D eigenvalue weighted by molar-refractivity contribution is 0.0721. The average molecular weight is 408 g/mol. The number of hydrogen-bond donors (Lipinski definition) is 1. The van der Waals surface area contributed by atoms with Crippen LogP contribution in [0.3, 0.4) is 0 Å². The third-order valence-electron chi connectivity index (χ3n) is 5.38. The lowest BCUT2D eigenvalue weighted by Gasteiger charge is -2.27. The fraction of sp³-hybridized carbons (Fsp3) is 0.190. The van der Waals surface area contributed by atoms with Crippen molar-refractivity contribution in [1.29, 1.82) is 0 Å². The average Bonchev–Trinajstić information content (AvgIpc) is 3.34. The number of carbonyl (C=O) groups excluding carboxylic acids is 1. The van der Waals surface area contributed by atoms with Crippen molar-refractivity contribution >= 4 is 23.2 Å². The second-order valence-electron chi connectivity index (χ2n) is 7.17. The first kappa shape index (κ1) is 17.8. The van der Waals surface area contributed by atoms with Gasteiger partial charge in [0, 0.05) is 42.0 Å². The largest absolute Gasteiger partial charge is 0.347 e. The number of halogens is 1. The first-order valence-electron chi connectivity index (χ1n) is 9.32. The molecule has 0 fully saturated rings. The van der Waals surface area contributed by atoms with Crippen LogP contribution in [-0.4, -0.2) is 36.5 Å². The SMILES string of the molecule is Cn1cccc1C(=O)N1CCc2c(nc3cc(-c4ccccc4Cl)[nH]n3c2=O)C1. The van der Waals surface area contributed by atoms with E-state index in [1.807, 2.05) is 37.5 Å². The molecule has 0 saturated heterocycles. The summed E-state index contributed by atoms with van der Waals surface area (Å²) in [4.78, 5) is 32.3. The fourth-order valence-corrected chi connectivity index (χ4v) is 4.07. The molecule has 1 amide bonds. The molecule has 0 bridgehead atoms. The van der Waals surface area contributed by atoms with Crippen molar-refractivity contribution in [2.24, 2.45) is 7.05 Å². The topological polar surface area (TPSA) is 75.4 Å². The van der Waals surface area contributed by atoms with Crippen molar-refractivity contribution in [3.63, 3.8) is 0 Å². The van der Waals surface area contributed by atoms with Crippen LogP contribution in [-0.2, 0) is 20.0 Å². The molecule has 7 nitrogen and oxygen atoms in total. The number of aromatic amines is 1. The van der Waals surface area contributed by atoms with Crippen LogP contribution in [0.1, 0.15) is 21.7 Å². The van der Waals surface area contributed by atoms with Gasteiger partial charge in [0.15, 0.2) is 5.65 Å². The number of carbonyl (C=O) groups is 1. The highest BCUT2D eigenvalue weighted by molar-refractivity contribution is 6.33. The molecule has 4 aromatic rings. The lowest BCUT2D eigenvalue weighted by atomic mass is 10.1. The van der Waals surface area contributed by atoms with Gasteiger partial charge in [-0.15, -0.1) is 0 Å². The molecular weight excluding hydrogens is 390 g/mol. The summed E-state index contributed by atoms with van der Waals surface area (Å²) in [6.45, 7) is 0.801. The lowest BCUT2D eigenvalue weighted by Crippen LogP contribution is -2.40. The molecule has 3 aromatic heterocycles. The maximum absolute atomic E-state index is 13.0. The molecule has 1 N–H and O–H groups in total. The van der Waals surface area contributed by atoms with E-state index in [0.29, 0.717) is 47.1 Å². The summed E-state index contributed by atoms with van der Waals surface area (Å²) >= 11 is 6.29. The molecule has 0 radical (unpaired) electrons. The number of aromatic nitrogens is 4. The second kappa shape index (κ2) is 6.63. The van der Waals surface area contributed by atoms with Crippen molar-refractivity contribution < 1.29 is 4.79 Å². The third kappa shape index (κ3) is 2.86. The Balaban J connectivity index is 1.55. The van der Waals surface area contributed by atoms with E-state index < -0.39 is 0 Å². The summed E-state index contributed by atoms with van der Waals surface area (Å²) in [5.41, 5.74) is 3.82. The van der Waals surface area contributed by atoms with Crippen LogP contribution in [0.2, 0.25) is 5.02 Å². The minimum Gasteiger partial charge on any atom is -0.347 e. The molecule has 1 aliphatic rings. The summed E-state index contributed by atoms with van der Waals surface area (Å²) in [7, 11) is 1.84. The molecule has 146 valence electrons. The maximum atomic E-state index is 13.0. The van der Waals surface area contributed by atoms with E-state index in [-0.39, 0.29) is 11.5 Å². The highest BCUT2D eigenvalue weighted by Gasteiger charge is 2.27. The summed E-state index contributed by atoms with van der Waals surface area (Å²) in [6, 6.07) is 12.9. The van der Waals surface area contributed by atoms with Crippen LogP contribution >= 0.6 is 11.6 Å². The summed E-state index contributed by atoms with van der Waals surface area (Å²) in [5.74, 6) is -0.0593. The van der Waals surface area contributed by atoms with E-state index in [9.17, 15) is 9.59 Å². The van der Waals surface area contributed by atoms with Crippen molar-refractivity contribution in [3.8, 4) is 11.3 Å². The monoisotopic (exact) mass is 407 g/mol. The van der Waals surface area contributed by atoms with Gasteiger partial charge >= 0.3 is 0 Å². The molecule has 4 heterocycles. The number of fused-ring (bicyclic) bond motifs is 2. The van der Waals surface area contributed by atoms with Gasteiger partial charge in [-0.3, -0.25) is 14.7 Å². The first-order chi connectivity index (χ1) is 14.0. The molecule has 0 unspecified atom stereocenters. The number of aryl methyl sites for hydroxylation is 1. The second-order valence-corrected chi connectivity index (χ2v) is 7.57. The smallest absolute Gasteiger partial charge is 0.276 e. The van der Waals surface area contributed by atoms with Gasteiger partial charge in [0.05, 0.1) is 17.9 Å². The summed E-state index contributed by atoms with van der Waals surface area (Å²) < 4.78 is 3.25. The number of nitrogens with zero attached hydrogens (tertiary/aromatic N) is 4. The van der Waals surface area contributed by atoms with E-state index in [1.165, 1.54) is 4.52 Å². The Morgan fingerprint density at radius 2 is 2.03 bits per heavy atom. The van der Waals surface area contributed by atoms with Gasteiger partial charge in [0.1, 0.15) is 5.69 Å². The zero-order chi connectivity index (χ0) is 20.1. The van der Waals surface area contributed by atoms with Crippen LogP contribution in [0, 0.1) is 0 Å². The van der Waals surface area contributed by atoms with Crippen LogP contribution in [0.4, 0.5) is 0 Å². The Bertz CT molecular complexity index is 1320. The van der Waals surface area contributed by atoms with E-state index in [1.54, 1.807) is 27.7 Å². The van der Waals surface area contributed by atoms with Crippen LogP contribution in [0.15, 0.2) is 53.5 Å². The van der Waals surface area contributed by atoms with E-state index in [0.717, 1.165) is 11.3 Å². The molecule has 5 rings (SSSR count). The molecule has 0 saturated carbocycles. The van der Waals surface area contributed by atoms with Gasteiger partial charge in [0.25, 0.3) is 11.5 Å². The molecule has 0 atom stereocenters. The van der Waals surface area contributed by atoms with E-state index >= 15 is 0 Å². The van der Waals surface area contributed by atoms with E-state index in [2.05, 4.69) is 10.1 Å². The number of rotatable bonds is 2. The Kier molecular flexibility index (Phi) is 4.06. The Hall–Kier alpha value is -3.32. The number of nitrogens with one attached hydrogen (secondary N) is 1. The number of hydrogen-bond acceptors (Lipinski definition) is 3. The predicted octanol–water partition coefficient (Wildman–Crippen LogP) is 2.88. The number of benzene rings is 1. The third-order valence-corrected chi connectivity index (χ3v) is 5.71. The molecule has 0 aliphatic carbocycles. The minimum atomic E-state index is -0.130.